The Morgan fingerprint density at radius 2 is 2.50 bits per heavy atom. The van der Waals surface area contributed by atoms with E-state index in [9.17, 15) is 4.79 Å². The molecule has 1 aliphatic heterocycles. The topological polar surface area (TPSA) is 54.1 Å². The van der Waals surface area contributed by atoms with Gasteiger partial charge in [-0.05, 0) is 11.6 Å². The lowest BCUT2D eigenvalue weighted by atomic mass is 10.1. The second-order valence-electron chi connectivity index (χ2n) is 3.48. The standard InChI is InChI=1S/C10H14N2O2/c1-14-10(13)5-8-4-7-6-11-3-2-9(7)12-8/h4,11-12H,2-3,5-6H2,1H3. The molecule has 4 heteroatoms. The molecule has 1 aromatic heterocycles. The van der Waals surface area contributed by atoms with Crippen LogP contribution in [0.3, 0.4) is 0 Å². The third-order valence-electron chi connectivity index (χ3n) is 2.48. The molecule has 0 unspecified atom stereocenters. The van der Waals surface area contributed by atoms with Crippen LogP contribution in [0.15, 0.2) is 6.07 Å². The zero-order valence-electron chi connectivity index (χ0n) is 8.22. The second kappa shape index (κ2) is 3.84. The summed E-state index contributed by atoms with van der Waals surface area (Å²) in [5.41, 5.74) is 3.48. The lowest BCUT2D eigenvalue weighted by molar-refractivity contribution is -0.139. The van der Waals surface area contributed by atoms with Crippen molar-refractivity contribution in [2.75, 3.05) is 13.7 Å². The minimum absolute atomic E-state index is 0.198. The maximum Gasteiger partial charge on any atom is 0.311 e. The Kier molecular flexibility index (Phi) is 2.54. The molecule has 4 nitrogen and oxygen atoms in total. The van der Waals surface area contributed by atoms with Gasteiger partial charge in [0.15, 0.2) is 0 Å². The number of hydrogen-bond acceptors (Lipinski definition) is 3. The molecule has 0 spiro atoms. The molecule has 0 atom stereocenters. The van der Waals surface area contributed by atoms with Gasteiger partial charge in [0.2, 0.25) is 0 Å². The molecule has 0 saturated carbocycles. The Morgan fingerprint density at radius 1 is 1.64 bits per heavy atom. The first kappa shape index (κ1) is 9.27. The Bertz CT molecular complexity index is 320. The molecule has 0 bridgehead atoms. The lowest BCUT2D eigenvalue weighted by Crippen LogP contribution is -2.22. The number of H-pyrrole nitrogens is 1. The first-order valence-electron chi connectivity index (χ1n) is 4.77. The van der Waals surface area contributed by atoms with E-state index >= 15 is 0 Å². The average Bonchev–Trinajstić information content (AvgIpc) is 2.59. The van der Waals surface area contributed by atoms with Gasteiger partial charge in [-0.25, -0.2) is 0 Å². The molecule has 2 N–H and O–H groups in total. The van der Waals surface area contributed by atoms with E-state index in [1.165, 1.54) is 18.4 Å². The SMILES string of the molecule is COC(=O)Cc1cc2c([nH]1)CCNC2. The molecule has 0 amide bonds. The Labute approximate surface area is 82.6 Å². The molecular weight excluding hydrogens is 180 g/mol. The van der Waals surface area contributed by atoms with E-state index in [0.29, 0.717) is 6.42 Å². The number of ether oxygens (including phenoxy) is 1. The highest BCUT2D eigenvalue weighted by Crippen LogP contribution is 2.15. The number of esters is 1. The van der Waals surface area contributed by atoms with Crippen LogP contribution in [-0.4, -0.2) is 24.6 Å². The van der Waals surface area contributed by atoms with Crippen LogP contribution in [0.4, 0.5) is 0 Å². The summed E-state index contributed by atoms with van der Waals surface area (Å²) in [4.78, 5) is 14.3. The van der Waals surface area contributed by atoms with Gasteiger partial charge in [0.05, 0.1) is 13.5 Å². The number of carbonyl (C=O) groups is 1. The Balaban J connectivity index is 2.12. The van der Waals surface area contributed by atoms with E-state index in [2.05, 4.69) is 15.0 Å². The van der Waals surface area contributed by atoms with Crippen molar-refractivity contribution in [1.29, 1.82) is 0 Å². The number of hydrogen-bond donors (Lipinski definition) is 2. The summed E-state index contributed by atoms with van der Waals surface area (Å²) in [6.45, 7) is 1.90. The molecule has 0 radical (unpaired) electrons. The fourth-order valence-electron chi connectivity index (χ4n) is 1.75. The van der Waals surface area contributed by atoms with Crippen molar-refractivity contribution in [2.45, 2.75) is 19.4 Å². The van der Waals surface area contributed by atoms with Gasteiger partial charge in [0, 0.05) is 30.9 Å². The van der Waals surface area contributed by atoms with Crippen molar-refractivity contribution >= 4 is 5.97 Å². The van der Waals surface area contributed by atoms with Crippen molar-refractivity contribution in [3.8, 4) is 0 Å². The van der Waals surface area contributed by atoms with E-state index in [-0.39, 0.29) is 5.97 Å². The van der Waals surface area contributed by atoms with Gasteiger partial charge in [-0.3, -0.25) is 4.79 Å². The predicted octanol–water partition coefficient (Wildman–Crippen LogP) is 0.376. The summed E-state index contributed by atoms with van der Waals surface area (Å²) in [5.74, 6) is -0.198. The Hall–Kier alpha value is -1.29. The zero-order chi connectivity index (χ0) is 9.97. The van der Waals surface area contributed by atoms with Crippen LogP contribution in [-0.2, 0) is 28.9 Å². The summed E-state index contributed by atoms with van der Waals surface area (Å²) in [6, 6.07) is 2.04. The molecule has 0 fully saturated rings. The van der Waals surface area contributed by atoms with Crippen molar-refractivity contribution in [2.24, 2.45) is 0 Å². The van der Waals surface area contributed by atoms with Crippen molar-refractivity contribution in [3.05, 3.63) is 23.0 Å². The summed E-state index contributed by atoms with van der Waals surface area (Å²) in [6.07, 6.45) is 1.35. The molecule has 14 heavy (non-hydrogen) atoms. The molecule has 2 heterocycles. The normalized spacial score (nSPS) is 14.9. The number of carbonyl (C=O) groups excluding carboxylic acids is 1. The molecule has 1 aliphatic rings. The van der Waals surface area contributed by atoms with Crippen LogP contribution in [0.25, 0.3) is 0 Å². The maximum absolute atomic E-state index is 11.0. The van der Waals surface area contributed by atoms with E-state index in [1.54, 1.807) is 0 Å². The van der Waals surface area contributed by atoms with E-state index in [1.807, 2.05) is 6.07 Å². The first-order chi connectivity index (χ1) is 6.79. The van der Waals surface area contributed by atoms with E-state index in [4.69, 9.17) is 0 Å². The van der Waals surface area contributed by atoms with Crippen LogP contribution in [0.2, 0.25) is 0 Å². The lowest BCUT2D eigenvalue weighted by Gasteiger charge is -2.11. The smallest absolute Gasteiger partial charge is 0.311 e. The average molecular weight is 194 g/mol. The van der Waals surface area contributed by atoms with Gasteiger partial charge in [-0.15, -0.1) is 0 Å². The third kappa shape index (κ3) is 1.80. The zero-order valence-corrected chi connectivity index (χ0v) is 8.22. The van der Waals surface area contributed by atoms with Crippen LogP contribution < -0.4 is 5.32 Å². The highest BCUT2D eigenvalue weighted by molar-refractivity contribution is 5.72. The summed E-state index contributed by atoms with van der Waals surface area (Å²) in [7, 11) is 1.41. The highest BCUT2D eigenvalue weighted by atomic mass is 16.5. The van der Waals surface area contributed by atoms with Gasteiger partial charge in [0.25, 0.3) is 0 Å². The van der Waals surface area contributed by atoms with Crippen LogP contribution in [0, 0.1) is 0 Å². The fourth-order valence-corrected chi connectivity index (χ4v) is 1.75. The van der Waals surface area contributed by atoms with Crippen LogP contribution in [0.1, 0.15) is 17.0 Å². The molecule has 0 aromatic carbocycles. The van der Waals surface area contributed by atoms with Crippen molar-refractivity contribution in [1.82, 2.24) is 10.3 Å². The summed E-state index contributed by atoms with van der Waals surface area (Å²) >= 11 is 0. The number of aromatic nitrogens is 1. The van der Waals surface area contributed by atoms with Gasteiger partial charge in [-0.1, -0.05) is 0 Å². The van der Waals surface area contributed by atoms with Gasteiger partial charge in [0.1, 0.15) is 0 Å². The maximum atomic E-state index is 11.0. The predicted molar refractivity (Wildman–Crippen MR) is 51.9 cm³/mol. The van der Waals surface area contributed by atoms with E-state index < -0.39 is 0 Å². The first-order valence-corrected chi connectivity index (χ1v) is 4.77. The molecular formula is C10H14N2O2. The van der Waals surface area contributed by atoms with Crippen molar-refractivity contribution in [3.63, 3.8) is 0 Å². The number of nitrogens with one attached hydrogen (secondary N) is 2. The Morgan fingerprint density at radius 3 is 3.21 bits per heavy atom. The molecule has 2 rings (SSSR count). The number of aromatic amines is 1. The third-order valence-corrected chi connectivity index (χ3v) is 2.48. The minimum Gasteiger partial charge on any atom is -0.469 e. The number of rotatable bonds is 2. The number of fused-ring (bicyclic) bond motifs is 1. The molecule has 1 aromatic rings. The van der Waals surface area contributed by atoms with Crippen molar-refractivity contribution < 1.29 is 9.53 Å². The monoisotopic (exact) mass is 194 g/mol. The second-order valence-corrected chi connectivity index (χ2v) is 3.48. The van der Waals surface area contributed by atoms with Crippen LogP contribution in [0.5, 0.6) is 0 Å². The molecule has 0 saturated heterocycles. The van der Waals surface area contributed by atoms with Gasteiger partial charge >= 0.3 is 5.97 Å². The quantitative estimate of drug-likeness (QED) is 0.669. The largest absolute Gasteiger partial charge is 0.469 e. The van der Waals surface area contributed by atoms with Gasteiger partial charge in [-0.2, -0.15) is 0 Å². The highest BCUT2D eigenvalue weighted by Gasteiger charge is 2.13. The van der Waals surface area contributed by atoms with Crippen LogP contribution >= 0.6 is 0 Å². The van der Waals surface area contributed by atoms with Gasteiger partial charge < -0.3 is 15.0 Å². The molecule has 76 valence electrons. The minimum atomic E-state index is -0.198. The molecule has 0 aliphatic carbocycles. The van der Waals surface area contributed by atoms with E-state index in [0.717, 1.165) is 25.2 Å². The summed E-state index contributed by atoms with van der Waals surface area (Å²) < 4.78 is 4.61. The summed E-state index contributed by atoms with van der Waals surface area (Å²) in [5, 5.41) is 3.29. The number of methoxy groups -OCH3 is 1. The fraction of sp³-hybridized carbons (Fsp3) is 0.500.